The molecule has 112 valence electrons. The smallest absolute Gasteiger partial charge is 0.257 e. The monoisotopic (exact) mass is 299 g/mol. The van der Waals surface area contributed by atoms with Crippen molar-refractivity contribution in [3.63, 3.8) is 0 Å². The number of carbonyl (C=O) groups excluding carboxylic acids is 2. The van der Waals surface area contributed by atoms with Crippen molar-refractivity contribution in [3.8, 4) is 0 Å². The summed E-state index contributed by atoms with van der Waals surface area (Å²) in [6, 6.07) is 0. The van der Waals surface area contributed by atoms with Crippen LogP contribution >= 0.6 is 11.8 Å². The Morgan fingerprint density at radius 3 is 2.50 bits per heavy atom. The van der Waals surface area contributed by atoms with Gasteiger partial charge < -0.3 is 10.0 Å². The summed E-state index contributed by atoms with van der Waals surface area (Å²) in [7, 11) is 0. The lowest BCUT2D eigenvalue weighted by molar-refractivity contribution is -0.128. The third-order valence-electron chi connectivity index (χ3n) is 3.14. The predicted molar refractivity (Wildman–Crippen MR) is 81.1 cm³/mol. The maximum atomic E-state index is 11.9. The van der Waals surface area contributed by atoms with Crippen molar-refractivity contribution in [2.45, 2.75) is 27.2 Å². The molecule has 0 spiro atoms. The summed E-state index contributed by atoms with van der Waals surface area (Å²) >= 11 is 1.18. The second-order valence-electron chi connectivity index (χ2n) is 4.41. The highest BCUT2D eigenvalue weighted by atomic mass is 32.2. The molecule has 1 N–H and O–H groups in total. The predicted octanol–water partition coefficient (Wildman–Crippen LogP) is 0.944. The highest BCUT2D eigenvalue weighted by Crippen LogP contribution is 2.18. The lowest BCUT2D eigenvalue weighted by Crippen LogP contribution is -2.32. The molecule has 0 aromatic rings. The van der Waals surface area contributed by atoms with Gasteiger partial charge in [0.2, 0.25) is 5.91 Å². The van der Waals surface area contributed by atoms with Gasteiger partial charge >= 0.3 is 0 Å². The first-order valence-corrected chi connectivity index (χ1v) is 7.71. The molecule has 1 unspecified atom stereocenters. The molecule has 1 atom stereocenters. The SMILES string of the molecule is CCN(CC)C(=O)CSC1=NC(=O)C(CCO)C(C)=N1. The number of amides is 2. The number of thioether (sulfide) groups is 1. The zero-order valence-corrected chi connectivity index (χ0v) is 12.9. The van der Waals surface area contributed by atoms with Crippen LogP contribution in [-0.4, -0.2) is 58.1 Å². The Kier molecular flexibility index (Phi) is 6.87. The molecule has 0 bridgehead atoms. The van der Waals surface area contributed by atoms with Gasteiger partial charge in [0, 0.05) is 25.4 Å². The van der Waals surface area contributed by atoms with E-state index in [0.29, 0.717) is 30.4 Å². The van der Waals surface area contributed by atoms with Gasteiger partial charge in [-0.15, -0.1) is 0 Å². The number of aliphatic hydroxyl groups is 1. The molecule has 1 aliphatic heterocycles. The van der Waals surface area contributed by atoms with E-state index in [2.05, 4.69) is 9.98 Å². The summed E-state index contributed by atoms with van der Waals surface area (Å²) in [5, 5.41) is 9.24. The number of hydrogen-bond acceptors (Lipinski definition) is 5. The molecule has 0 aromatic heterocycles. The first-order valence-electron chi connectivity index (χ1n) is 6.72. The van der Waals surface area contributed by atoms with Gasteiger partial charge in [0.25, 0.3) is 5.91 Å². The first kappa shape index (κ1) is 16.8. The Hall–Kier alpha value is -1.21. The van der Waals surface area contributed by atoms with Gasteiger partial charge in [-0.3, -0.25) is 9.59 Å². The minimum absolute atomic E-state index is 0.0143. The third kappa shape index (κ3) is 4.42. The summed E-state index contributed by atoms with van der Waals surface area (Å²) in [6.07, 6.45) is 0.341. The molecule has 0 aromatic carbocycles. The van der Waals surface area contributed by atoms with Gasteiger partial charge in [0.05, 0.1) is 11.7 Å². The quantitative estimate of drug-likeness (QED) is 0.791. The van der Waals surface area contributed by atoms with Crippen molar-refractivity contribution in [3.05, 3.63) is 0 Å². The zero-order chi connectivity index (χ0) is 15.1. The van der Waals surface area contributed by atoms with Crippen LogP contribution in [0, 0.1) is 5.92 Å². The van der Waals surface area contributed by atoms with Crippen LogP contribution in [0.1, 0.15) is 27.2 Å². The molecule has 1 aliphatic rings. The largest absolute Gasteiger partial charge is 0.396 e. The van der Waals surface area contributed by atoms with E-state index < -0.39 is 5.92 Å². The van der Waals surface area contributed by atoms with E-state index >= 15 is 0 Å². The van der Waals surface area contributed by atoms with Crippen LogP contribution in [0.25, 0.3) is 0 Å². The van der Waals surface area contributed by atoms with E-state index in [-0.39, 0.29) is 24.2 Å². The standard InChI is InChI=1S/C13H21N3O3S/c1-4-16(5-2)11(18)8-20-13-14-9(3)10(6-7-17)12(19)15-13/h10,17H,4-8H2,1-3H3. The van der Waals surface area contributed by atoms with Crippen molar-refractivity contribution in [2.75, 3.05) is 25.4 Å². The van der Waals surface area contributed by atoms with Crippen LogP contribution in [0.2, 0.25) is 0 Å². The maximum absolute atomic E-state index is 11.9. The molecule has 0 saturated heterocycles. The number of nitrogens with zero attached hydrogens (tertiary/aromatic N) is 3. The van der Waals surface area contributed by atoms with Crippen molar-refractivity contribution in [1.82, 2.24) is 4.90 Å². The summed E-state index contributed by atoms with van der Waals surface area (Å²) < 4.78 is 0. The molecular weight excluding hydrogens is 278 g/mol. The number of amidine groups is 1. The second kappa shape index (κ2) is 8.16. The van der Waals surface area contributed by atoms with Crippen molar-refractivity contribution < 1.29 is 14.7 Å². The van der Waals surface area contributed by atoms with Crippen LogP contribution < -0.4 is 0 Å². The molecular formula is C13H21N3O3S. The van der Waals surface area contributed by atoms with E-state index in [1.54, 1.807) is 11.8 Å². The van der Waals surface area contributed by atoms with E-state index in [1.165, 1.54) is 11.8 Å². The molecule has 7 heteroatoms. The summed E-state index contributed by atoms with van der Waals surface area (Å²) in [6.45, 7) is 6.87. The second-order valence-corrected chi connectivity index (χ2v) is 5.35. The Labute approximate surface area is 123 Å². The summed E-state index contributed by atoms with van der Waals surface area (Å²) in [4.78, 5) is 33.5. The fourth-order valence-corrected chi connectivity index (χ4v) is 2.72. The fraction of sp³-hybridized carbons (Fsp3) is 0.692. The van der Waals surface area contributed by atoms with Gasteiger partial charge in [0.1, 0.15) is 0 Å². The number of carbonyl (C=O) groups is 2. The highest BCUT2D eigenvalue weighted by Gasteiger charge is 2.26. The minimum atomic E-state index is -0.428. The Morgan fingerprint density at radius 1 is 1.35 bits per heavy atom. The zero-order valence-electron chi connectivity index (χ0n) is 12.1. The first-order chi connectivity index (χ1) is 9.53. The van der Waals surface area contributed by atoms with Crippen LogP contribution in [0.5, 0.6) is 0 Å². The van der Waals surface area contributed by atoms with Crippen LogP contribution in [0.4, 0.5) is 0 Å². The van der Waals surface area contributed by atoms with Gasteiger partial charge in [0.15, 0.2) is 5.17 Å². The highest BCUT2D eigenvalue weighted by molar-refractivity contribution is 8.14. The molecule has 0 saturated carbocycles. The lowest BCUT2D eigenvalue weighted by Gasteiger charge is -2.19. The van der Waals surface area contributed by atoms with Gasteiger partial charge in [-0.2, -0.15) is 4.99 Å². The van der Waals surface area contributed by atoms with Gasteiger partial charge in [-0.05, 0) is 27.2 Å². The third-order valence-corrected chi connectivity index (χ3v) is 3.97. The Balaban J connectivity index is 2.60. The Morgan fingerprint density at radius 2 is 2.00 bits per heavy atom. The normalized spacial score (nSPS) is 18.6. The molecule has 6 nitrogen and oxygen atoms in total. The maximum Gasteiger partial charge on any atom is 0.257 e. The number of hydrogen-bond donors (Lipinski definition) is 1. The van der Waals surface area contributed by atoms with Crippen LogP contribution in [0.3, 0.4) is 0 Å². The van der Waals surface area contributed by atoms with E-state index in [0.717, 1.165) is 0 Å². The Bertz CT molecular complexity index is 431. The van der Waals surface area contributed by atoms with Crippen LogP contribution in [0.15, 0.2) is 9.98 Å². The molecule has 2 amide bonds. The van der Waals surface area contributed by atoms with E-state index in [1.807, 2.05) is 13.8 Å². The molecule has 1 heterocycles. The average molecular weight is 299 g/mol. The topological polar surface area (TPSA) is 82.3 Å². The van der Waals surface area contributed by atoms with Gasteiger partial charge in [-0.1, -0.05) is 11.8 Å². The van der Waals surface area contributed by atoms with Gasteiger partial charge in [-0.25, -0.2) is 4.99 Å². The van der Waals surface area contributed by atoms with Crippen molar-refractivity contribution >= 4 is 34.5 Å². The van der Waals surface area contributed by atoms with E-state index in [9.17, 15) is 9.59 Å². The fourth-order valence-electron chi connectivity index (χ4n) is 1.92. The average Bonchev–Trinajstić information content (AvgIpc) is 2.42. The lowest BCUT2D eigenvalue weighted by atomic mass is 9.99. The summed E-state index contributed by atoms with van der Waals surface area (Å²) in [5.41, 5.74) is 0.650. The molecule has 1 rings (SSSR count). The number of aliphatic hydroxyl groups excluding tert-OH is 1. The summed E-state index contributed by atoms with van der Waals surface area (Å²) in [5.74, 6) is -0.470. The molecule has 0 fully saturated rings. The number of aliphatic imine (C=N–C) groups is 2. The van der Waals surface area contributed by atoms with E-state index in [4.69, 9.17) is 5.11 Å². The van der Waals surface area contributed by atoms with Crippen LogP contribution in [-0.2, 0) is 9.59 Å². The van der Waals surface area contributed by atoms with Crippen molar-refractivity contribution in [1.29, 1.82) is 0 Å². The van der Waals surface area contributed by atoms with Crippen molar-refractivity contribution in [2.24, 2.45) is 15.9 Å². The molecule has 0 aliphatic carbocycles. The minimum Gasteiger partial charge on any atom is -0.396 e. The molecule has 0 radical (unpaired) electrons. The molecule has 20 heavy (non-hydrogen) atoms. The number of rotatable bonds is 6.